The summed E-state index contributed by atoms with van der Waals surface area (Å²) in [6.07, 6.45) is 2.36. The van der Waals surface area contributed by atoms with Crippen molar-refractivity contribution in [3.63, 3.8) is 0 Å². The Morgan fingerprint density at radius 2 is 1.58 bits per heavy atom. The Morgan fingerprint density at radius 1 is 0.909 bits per heavy atom. The van der Waals surface area contributed by atoms with Crippen molar-refractivity contribution in [2.24, 2.45) is 0 Å². The molecule has 1 saturated heterocycles. The first-order chi connectivity index (χ1) is 15.7. The number of sulfonamides is 1. The lowest BCUT2D eigenvalue weighted by molar-refractivity contribution is 0.410. The van der Waals surface area contributed by atoms with Gasteiger partial charge in [0.2, 0.25) is 0 Å². The van der Waals surface area contributed by atoms with Crippen molar-refractivity contribution in [3.05, 3.63) is 59.4 Å². The van der Waals surface area contributed by atoms with Crippen molar-refractivity contribution in [2.75, 3.05) is 35.1 Å². The SMILES string of the molecule is COc1cc(S(=O)(=O)Nc2ccc(Nc3cc(N4CCCC4)nc(C)n3)cc2)c(C)cc1C. The molecular weight excluding hydrogens is 438 g/mol. The molecule has 0 spiro atoms. The Hall–Kier alpha value is -3.33. The lowest BCUT2D eigenvalue weighted by atomic mass is 10.1. The van der Waals surface area contributed by atoms with E-state index in [4.69, 9.17) is 4.74 Å². The number of benzene rings is 2. The van der Waals surface area contributed by atoms with Crippen LogP contribution in [-0.2, 0) is 10.0 Å². The number of aromatic nitrogens is 2. The monoisotopic (exact) mass is 467 g/mol. The Morgan fingerprint density at radius 3 is 2.24 bits per heavy atom. The highest BCUT2D eigenvalue weighted by molar-refractivity contribution is 7.92. The van der Waals surface area contributed by atoms with Gasteiger partial charge in [-0.15, -0.1) is 0 Å². The van der Waals surface area contributed by atoms with Gasteiger partial charge in [-0.3, -0.25) is 4.72 Å². The summed E-state index contributed by atoms with van der Waals surface area (Å²) in [5, 5.41) is 3.29. The predicted octanol–water partition coefficient (Wildman–Crippen LogP) is 4.56. The molecule has 2 heterocycles. The maximum Gasteiger partial charge on any atom is 0.262 e. The second kappa shape index (κ2) is 9.27. The van der Waals surface area contributed by atoms with Gasteiger partial charge in [-0.1, -0.05) is 6.07 Å². The van der Waals surface area contributed by atoms with Crippen LogP contribution in [0.25, 0.3) is 0 Å². The molecule has 0 amide bonds. The van der Waals surface area contributed by atoms with Crippen LogP contribution in [-0.4, -0.2) is 38.6 Å². The summed E-state index contributed by atoms with van der Waals surface area (Å²) in [5.41, 5.74) is 2.82. The first-order valence-corrected chi connectivity index (χ1v) is 12.4. The second-order valence-electron chi connectivity index (χ2n) is 8.25. The van der Waals surface area contributed by atoms with Gasteiger partial charge in [0.1, 0.15) is 23.2 Å². The van der Waals surface area contributed by atoms with Crippen LogP contribution in [0.15, 0.2) is 47.4 Å². The van der Waals surface area contributed by atoms with Crippen molar-refractivity contribution < 1.29 is 13.2 Å². The fraction of sp³-hybridized carbons (Fsp3) is 0.333. The van der Waals surface area contributed by atoms with Crippen LogP contribution >= 0.6 is 0 Å². The smallest absolute Gasteiger partial charge is 0.262 e. The van der Waals surface area contributed by atoms with Gasteiger partial charge in [-0.2, -0.15) is 0 Å². The minimum atomic E-state index is -3.76. The van der Waals surface area contributed by atoms with Gasteiger partial charge in [0.25, 0.3) is 10.0 Å². The molecule has 2 N–H and O–H groups in total. The van der Waals surface area contributed by atoms with Gasteiger partial charge in [0.15, 0.2) is 0 Å². The van der Waals surface area contributed by atoms with Crippen molar-refractivity contribution in [2.45, 2.75) is 38.5 Å². The van der Waals surface area contributed by atoms with Gasteiger partial charge in [0, 0.05) is 36.6 Å². The quantitative estimate of drug-likeness (QED) is 0.526. The van der Waals surface area contributed by atoms with E-state index in [1.807, 2.05) is 32.0 Å². The van der Waals surface area contributed by atoms with E-state index in [1.54, 1.807) is 31.2 Å². The third-order valence-corrected chi connectivity index (χ3v) is 7.17. The second-order valence-corrected chi connectivity index (χ2v) is 9.90. The van der Waals surface area contributed by atoms with Crippen LogP contribution in [0.3, 0.4) is 0 Å². The van der Waals surface area contributed by atoms with Crippen LogP contribution in [0.1, 0.15) is 29.8 Å². The highest BCUT2D eigenvalue weighted by Crippen LogP contribution is 2.28. The van der Waals surface area contributed by atoms with Gasteiger partial charge < -0.3 is 15.0 Å². The Balaban J connectivity index is 1.50. The molecule has 0 aliphatic carbocycles. The zero-order valence-electron chi connectivity index (χ0n) is 19.3. The Labute approximate surface area is 195 Å². The normalized spacial score (nSPS) is 13.8. The number of ether oxygens (including phenoxy) is 1. The van der Waals surface area contributed by atoms with E-state index in [2.05, 4.69) is 24.9 Å². The third-order valence-electron chi connectivity index (χ3n) is 5.65. The molecule has 0 unspecified atom stereocenters. The van der Waals surface area contributed by atoms with Gasteiger partial charge in [0.05, 0.1) is 12.0 Å². The molecule has 2 aromatic carbocycles. The number of hydrogen-bond acceptors (Lipinski definition) is 7. The van der Waals surface area contributed by atoms with Crippen LogP contribution < -0.4 is 19.7 Å². The molecular formula is C24H29N5O3S. The number of aryl methyl sites for hydroxylation is 3. The first-order valence-electron chi connectivity index (χ1n) is 10.9. The highest BCUT2D eigenvalue weighted by atomic mass is 32.2. The summed E-state index contributed by atoms with van der Waals surface area (Å²) in [7, 11) is -2.23. The van der Waals surface area contributed by atoms with E-state index in [-0.39, 0.29) is 4.90 Å². The molecule has 9 heteroatoms. The number of nitrogens with one attached hydrogen (secondary N) is 2. The molecule has 174 valence electrons. The maximum absolute atomic E-state index is 13.0. The number of rotatable bonds is 7. The molecule has 1 aliphatic heterocycles. The van der Waals surface area contributed by atoms with Crippen LogP contribution in [0.4, 0.5) is 23.0 Å². The molecule has 1 aliphatic rings. The Bertz CT molecular complexity index is 1250. The molecule has 1 fully saturated rings. The van der Waals surface area contributed by atoms with E-state index in [9.17, 15) is 8.42 Å². The van der Waals surface area contributed by atoms with Gasteiger partial charge in [-0.25, -0.2) is 18.4 Å². The summed E-state index contributed by atoms with van der Waals surface area (Å²) < 4.78 is 33.9. The summed E-state index contributed by atoms with van der Waals surface area (Å²) in [4.78, 5) is 11.5. The molecule has 0 saturated carbocycles. The van der Waals surface area contributed by atoms with Crippen molar-refractivity contribution in [1.29, 1.82) is 0 Å². The van der Waals surface area contributed by atoms with Gasteiger partial charge >= 0.3 is 0 Å². The summed E-state index contributed by atoms with van der Waals surface area (Å²) in [6, 6.07) is 12.4. The highest BCUT2D eigenvalue weighted by Gasteiger charge is 2.19. The van der Waals surface area contributed by atoms with E-state index >= 15 is 0 Å². The minimum Gasteiger partial charge on any atom is -0.496 e. The molecule has 0 bridgehead atoms. The summed E-state index contributed by atoms with van der Waals surface area (Å²) >= 11 is 0. The first kappa shape index (κ1) is 22.8. The molecule has 1 aromatic heterocycles. The molecule has 8 nitrogen and oxygen atoms in total. The lowest BCUT2D eigenvalue weighted by Crippen LogP contribution is -2.19. The predicted molar refractivity (Wildman–Crippen MR) is 131 cm³/mol. The van der Waals surface area contributed by atoms with Crippen LogP contribution in [0.2, 0.25) is 0 Å². The van der Waals surface area contributed by atoms with E-state index in [0.29, 0.717) is 28.6 Å². The molecule has 0 atom stereocenters. The van der Waals surface area contributed by atoms with E-state index < -0.39 is 10.0 Å². The topological polar surface area (TPSA) is 96.5 Å². The summed E-state index contributed by atoms with van der Waals surface area (Å²) in [6.45, 7) is 7.56. The number of methoxy groups -OCH3 is 1. The fourth-order valence-corrected chi connectivity index (χ4v) is 5.33. The molecule has 3 aromatic rings. The molecule has 0 radical (unpaired) electrons. The zero-order chi connectivity index (χ0) is 23.6. The molecule has 33 heavy (non-hydrogen) atoms. The minimum absolute atomic E-state index is 0.193. The van der Waals surface area contributed by atoms with Gasteiger partial charge in [-0.05, 0) is 69.0 Å². The third kappa shape index (κ3) is 5.19. The number of nitrogens with zero attached hydrogens (tertiary/aromatic N) is 3. The van der Waals surface area contributed by atoms with Crippen molar-refractivity contribution in [1.82, 2.24) is 9.97 Å². The fourth-order valence-electron chi connectivity index (χ4n) is 4.03. The average Bonchev–Trinajstić information content (AvgIpc) is 3.29. The van der Waals surface area contributed by atoms with Crippen molar-refractivity contribution in [3.8, 4) is 5.75 Å². The number of hydrogen-bond donors (Lipinski definition) is 2. The standard InChI is InChI=1S/C24H29N5O3S/c1-16-13-17(2)22(14-21(16)32-4)33(30,31)28-20-9-7-19(8-10-20)27-23-15-24(26-18(3)25-23)29-11-5-6-12-29/h7-10,13-15,28H,5-6,11-12H2,1-4H3,(H,25,26,27). The van der Waals surface area contributed by atoms with Crippen molar-refractivity contribution >= 4 is 33.0 Å². The Kier molecular flexibility index (Phi) is 6.42. The summed E-state index contributed by atoms with van der Waals surface area (Å²) in [5.74, 6) is 2.88. The maximum atomic E-state index is 13.0. The van der Waals surface area contributed by atoms with Crippen LogP contribution in [0.5, 0.6) is 5.75 Å². The lowest BCUT2D eigenvalue weighted by Gasteiger charge is -2.18. The largest absolute Gasteiger partial charge is 0.496 e. The van der Waals surface area contributed by atoms with Crippen LogP contribution in [0, 0.1) is 20.8 Å². The zero-order valence-corrected chi connectivity index (χ0v) is 20.2. The van der Waals surface area contributed by atoms with E-state index in [1.165, 1.54) is 20.0 Å². The van der Waals surface area contributed by atoms with E-state index in [0.717, 1.165) is 30.2 Å². The average molecular weight is 468 g/mol. The molecule has 4 rings (SSSR count). The number of anilines is 4.